The van der Waals surface area contributed by atoms with Crippen LogP contribution in [0.5, 0.6) is 5.75 Å². The van der Waals surface area contributed by atoms with E-state index in [1.165, 1.54) is 28.9 Å². The van der Waals surface area contributed by atoms with Crippen LogP contribution < -0.4 is 15.0 Å². The van der Waals surface area contributed by atoms with Crippen molar-refractivity contribution in [2.75, 3.05) is 11.4 Å². The van der Waals surface area contributed by atoms with Crippen LogP contribution in [0.15, 0.2) is 42.5 Å². The molecule has 1 aliphatic heterocycles. The third-order valence-electron chi connectivity index (χ3n) is 5.63. The third-order valence-corrected chi connectivity index (χ3v) is 5.63. The van der Waals surface area contributed by atoms with Crippen LogP contribution in [0.3, 0.4) is 0 Å². The van der Waals surface area contributed by atoms with Crippen LogP contribution >= 0.6 is 0 Å². The van der Waals surface area contributed by atoms with Crippen LogP contribution in [-0.2, 0) is 22.4 Å². The number of para-hydroxylation sites is 2. The van der Waals surface area contributed by atoms with E-state index < -0.39 is 6.10 Å². The number of ether oxygens (including phenoxy) is 1. The van der Waals surface area contributed by atoms with Gasteiger partial charge in [-0.3, -0.25) is 14.5 Å². The minimum absolute atomic E-state index is 0.0151. The zero-order valence-corrected chi connectivity index (χ0v) is 16.4. The summed E-state index contributed by atoms with van der Waals surface area (Å²) in [4.78, 5) is 26.8. The average Bonchev–Trinajstić information content (AvgIpc) is 2.71. The van der Waals surface area contributed by atoms with Crippen LogP contribution in [-0.4, -0.2) is 24.5 Å². The molecule has 2 amide bonds. The highest BCUT2D eigenvalue weighted by Gasteiger charge is 2.32. The van der Waals surface area contributed by atoms with Gasteiger partial charge < -0.3 is 10.1 Å². The van der Waals surface area contributed by atoms with E-state index in [1.54, 1.807) is 13.0 Å². The van der Waals surface area contributed by atoms with Crippen molar-refractivity contribution in [3.8, 4) is 5.75 Å². The molecule has 5 heteroatoms. The highest BCUT2D eigenvalue weighted by molar-refractivity contribution is 6.03. The minimum Gasteiger partial charge on any atom is -0.479 e. The van der Waals surface area contributed by atoms with Crippen molar-refractivity contribution in [1.29, 1.82) is 0 Å². The molecule has 0 bridgehead atoms. The van der Waals surface area contributed by atoms with Gasteiger partial charge in [0.05, 0.1) is 11.7 Å². The number of carbonyl (C=O) groups excluding carboxylic acids is 2. The Hall–Kier alpha value is -2.82. The molecule has 2 aliphatic rings. The first-order valence-electron chi connectivity index (χ1n) is 10.0. The van der Waals surface area contributed by atoms with Crippen molar-refractivity contribution in [2.45, 2.75) is 51.7 Å². The van der Waals surface area contributed by atoms with Crippen molar-refractivity contribution < 1.29 is 14.3 Å². The minimum atomic E-state index is -0.597. The molecule has 1 aliphatic carbocycles. The van der Waals surface area contributed by atoms with Crippen molar-refractivity contribution in [3.05, 3.63) is 59.2 Å². The molecule has 0 fully saturated rings. The molecule has 28 heavy (non-hydrogen) atoms. The third kappa shape index (κ3) is 3.61. The average molecular weight is 378 g/mol. The van der Waals surface area contributed by atoms with Gasteiger partial charge in [-0.25, -0.2) is 0 Å². The molecular weight excluding hydrogens is 352 g/mol. The number of benzene rings is 2. The van der Waals surface area contributed by atoms with Gasteiger partial charge in [-0.15, -0.1) is 0 Å². The molecule has 2 atom stereocenters. The lowest BCUT2D eigenvalue weighted by atomic mass is 9.89. The number of amides is 2. The molecule has 2 unspecified atom stereocenters. The first-order chi connectivity index (χ1) is 13.5. The second-order valence-corrected chi connectivity index (χ2v) is 7.68. The zero-order valence-electron chi connectivity index (χ0n) is 16.4. The number of aryl methyl sites for hydroxylation is 2. The van der Waals surface area contributed by atoms with E-state index >= 15 is 0 Å². The van der Waals surface area contributed by atoms with E-state index in [4.69, 9.17) is 4.74 Å². The lowest BCUT2D eigenvalue weighted by Gasteiger charge is -2.32. The van der Waals surface area contributed by atoms with Crippen molar-refractivity contribution >= 4 is 17.5 Å². The van der Waals surface area contributed by atoms with Crippen molar-refractivity contribution in [3.63, 3.8) is 0 Å². The second-order valence-electron chi connectivity index (χ2n) is 7.68. The number of hydrogen-bond acceptors (Lipinski definition) is 3. The van der Waals surface area contributed by atoms with Gasteiger partial charge in [-0.05, 0) is 68.4 Å². The smallest absolute Gasteiger partial charge is 0.268 e. The molecule has 1 heterocycles. The summed E-state index contributed by atoms with van der Waals surface area (Å²) in [5.74, 6) is 0.253. The Morgan fingerprint density at radius 3 is 2.75 bits per heavy atom. The summed E-state index contributed by atoms with van der Waals surface area (Å²) in [6.45, 7) is 3.68. The monoisotopic (exact) mass is 378 g/mol. The first kappa shape index (κ1) is 18.5. The first-order valence-corrected chi connectivity index (χ1v) is 10.0. The van der Waals surface area contributed by atoms with Gasteiger partial charge in [0.2, 0.25) is 5.91 Å². The fourth-order valence-corrected chi connectivity index (χ4v) is 4.06. The largest absolute Gasteiger partial charge is 0.479 e. The number of fused-ring (bicyclic) bond motifs is 2. The molecule has 2 aromatic carbocycles. The number of anilines is 1. The molecule has 0 saturated heterocycles. The zero-order chi connectivity index (χ0) is 19.7. The summed E-state index contributed by atoms with van der Waals surface area (Å²) in [5.41, 5.74) is 4.58. The molecule has 4 rings (SSSR count). The van der Waals surface area contributed by atoms with E-state index in [0.29, 0.717) is 11.4 Å². The van der Waals surface area contributed by atoms with Crippen molar-refractivity contribution in [2.24, 2.45) is 0 Å². The van der Waals surface area contributed by atoms with Gasteiger partial charge in [-0.1, -0.05) is 30.3 Å². The Labute approximate surface area is 165 Å². The Morgan fingerprint density at radius 2 is 1.93 bits per heavy atom. The maximum absolute atomic E-state index is 12.7. The van der Waals surface area contributed by atoms with E-state index in [2.05, 4.69) is 23.5 Å². The number of nitrogens with one attached hydrogen (secondary N) is 1. The summed E-state index contributed by atoms with van der Waals surface area (Å²) in [7, 11) is 0. The topological polar surface area (TPSA) is 58.6 Å². The Balaban J connectivity index is 1.46. The van der Waals surface area contributed by atoms with Gasteiger partial charge >= 0.3 is 0 Å². The van der Waals surface area contributed by atoms with Gasteiger partial charge in [0.25, 0.3) is 5.91 Å². The molecular formula is C23H26N2O3. The van der Waals surface area contributed by atoms with E-state index in [-0.39, 0.29) is 24.4 Å². The van der Waals surface area contributed by atoms with Crippen LogP contribution in [0.2, 0.25) is 0 Å². The summed E-state index contributed by atoms with van der Waals surface area (Å²) >= 11 is 0. The normalized spacial score (nSPS) is 19.3. The van der Waals surface area contributed by atoms with Gasteiger partial charge in [0.1, 0.15) is 12.3 Å². The highest BCUT2D eigenvalue weighted by Crippen LogP contribution is 2.33. The maximum Gasteiger partial charge on any atom is 0.268 e. The Kier molecular flexibility index (Phi) is 5.07. The summed E-state index contributed by atoms with van der Waals surface area (Å²) in [6, 6.07) is 13.7. The fourth-order valence-electron chi connectivity index (χ4n) is 4.06. The summed E-state index contributed by atoms with van der Waals surface area (Å²) < 4.78 is 5.64. The molecule has 0 spiro atoms. The fraction of sp³-hybridized carbons (Fsp3) is 0.391. The van der Waals surface area contributed by atoms with Gasteiger partial charge in [0, 0.05) is 0 Å². The summed E-state index contributed by atoms with van der Waals surface area (Å²) in [5, 5.41) is 3.04. The predicted octanol–water partition coefficient (Wildman–Crippen LogP) is 3.56. The van der Waals surface area contributed by atoms with Gasteiger partial charge in [0.15, 0.2) is 6.10 Å². The Morgan fingerprint density at radius 1 is 1.18 bits per heavy atom. The van der Waals surface area contributed by atoms with E-state index in [9.17, 15) is 9.59 Å². The van der Waals surface area contributed by atoms with Crippen LogP contribution in [0.25, 0.3) is 0 Å². The lowest BCUT2D eigenvalue weighted by Crippen LogP contribution is -2.49. The molecule has 0 saturated carbocycles. The van der Waals surface area contributed by atoms with Crippen molar-refractivity contribution in [1.82, 2.24) is 5.32 Å². The van der Waals surface area contributed by atoms with Gasteiger partial charge in [-0.2, -0.15) is 0 Å². The SMILES string of the molecule is CC1Oc2ccccc2N(CC(=O)NC(C)c2ccc3c(c2)CCCC3)C1=O. The molecule has 5 nitrogen and oxygen atoms in total. The summed E-state index contributed by atoms with van der Waals surface area (Å²) in [6.07, 6.45) is 4.15. The lowest BCUT2D eigenvalue weighted by molar-refractivity contribution is -0.128. The quantitative estimate of drug-likeness (QED) is 0.885. The van der Waals surface area contributed by atoms with Crippen LogP contribution in [0, 0.1) is 0 Å². The Bertz CT molecular complexity index is 908. The van der Waals surface area contributed by atoms with E-state index in [1.807, 2.05) is 25.1 Å². The number of carbonyl (C=O) groups is 2. The molecule has 146 valence electrons. The molecule has 0 radical (unpaired) electrons. The highest BCUT2D eigenvalue weighted by atomic mass is 16.5. The standard InChI is InChI=1S/C23H26N2O3/c1-15(18-12-11-17-7-3-4-8-19(17)13-18)24-22(26)14-25-20-9-5-6-10-21(20)28-16(2)23(25)27/h5-6,9-13,15-16H,3-4,7-8,14H2,1-2H3,(H,24,26). The number of hydrogen-bond donors (Lipinski definition) is 1. The van der Waals surface area contributed by atoms with Crippen LogP contribution in [0.4, 0.5) is 5.69 Å². The van der Waals surface area contributed by atoms with Crippen LogP contribution in [0.1, 0.15) is 49.4 Å². The number of rotatable bonds is 4. The molecule has 1 N–H and O–H groups in total. The second kappa shape index (κ2) is 7.66. The molecule has 0 aromatic heterocycles. The maximum atomic E-state index is 12.7. The molecule has 2 aromatic rings. The predicted molar refractivity (Wildman–Crippen MR) is 109 cm³/mol. The number of nitrogens with zero attached hydrogens (tertiary/aromatic N) is 1. The van der Waals surface area contributed by atoms with E-state index in [0.717, 1.165) is 18.4 Å².